The third kappa shape index (κ3) is 4.94. The lowest BCUT2D eigenvalue weighted by Crippen LogP contribution is -2.44. The van der Waals surface area contributed by atoms with Gasteiger partial charge in [0.1, 0.15) is 0 Å². The molecule has 4 heteroatoms. The number of nitrogens with zero attached hydrogens (tertiary/aromatic N) is 1. The molecular weight excluding hydrogens is 226 g/mol. The van der Waals surface area contributed by atoms with Crippen molar-refractivity contribution in [3.05, 3.63) is 0 Å². The summed E-state index contributed by atoms with van der Waals surface area (Å²) in [7, 11) is 4.11. The fourth-order valence-electron chi connectivity index (χ4n) is 2.70. The van der Waals surface area contributed by atoms with Crippen molar-refractivity contribution < 1.29 is 4.79 Å². The van der Waals surface area contributed by atoms with Gasteiger partial charge < -0.3 is 16.0 Å². The van der Waals surface area contributed by atoms with Crippen LogP contribution in [0.1, 0.15) is 39.5 Å². The van der Waals surface area contributed by atoms with Crippen LogP contribution in [0.3, 0.4) is 0 Å². The molecule has 0 radical (unpaired) electrons. The van der Waals surface area contributed by atoms with Gasteiger partial charge in [-0.15, -0.1) is 0 Å². The van der Waals surface area contributed by atoms with E-state index in [-0.39, 0.29) is 23.9 Å². The molecule has 1 fully saturated rings. The van der Waals surface area contributed by atoms with E-state index in [4.69, 9.17) is 5.73 Å². The van der Waals surface area contributed by atoms with Crippen molar-refractivity contribution in [2.75, 3.05) is 20.6 Å². The molecule has 3 N–H and O–H groups in total. The fourth-order valence-corrected chi connectivity index (χ4v) is 2.70. The number of hydrogen-bond acceptors (Lipinski definition) is 3. The summed E-state index contributed by atoms with van der Waals surface area (Å²) < 4.78 is 0. The van der Waals surface area contributed by atoms with Crippen LogP contribution in [-0.2, 0) is 4.79 Å². The van der Waals surface area contributed by atoms with Gasteiger partial charge in [0.2, 0.25) is 5.91 Å². The highest BCUT2D eigenvalue weighted by molar-refractivity contribution is 5.79. The minimum absolute atomic E-state index is 0.159. The number of rotatable bonds is 5. The molecule has 0 spiro atoms. The van der Waals surface area contributed by atoms with Crippen LogP contribution in [0.25, 0.3) is 0 Å². The zero-order chi connectivity index (χ0) is 13.7. The summed E-state index contributed by atoms with van der Waals surface area (Å²) in [5, 5.41) is 3.14. The predicted octanol–water partition coefficient (Wildman–Crippen LogP) is 1.21. The molecule has 0 aromatic carbocycles. The highest BCUT2D eigenvalue weighted by Gasteiger charge is 2.31. The molecule has 1 aliphatic rings. The Morgan fingerprint density at radius 3 is 2.67 bits per heavy atom. The first-order valence-electron chi connectivity index (χ1n) is 7.10. The number of nitrogens with one attached hydrogen (secondary N) is 1. The molecule has 0 heterocycles. The molecule has 18 heavy (non-hydrogen) atoms. The van der Waals surface area contributed by atoms with Crippen LogP contribution in [0.5, 0.6) is 0 Å². The average Bonchev–Trinajstić information content (AvgIpc) is 2.26. The van der Waals surface area contributed by atoms with E-state index in [1.807, 2.05) is 0 Å². The van der Waals surface area contributed by atoms with Crippen LogP contribution in [0.15, 0.2) is 0 Å². The second kappa shape index (κ2) is 7.10. The summed E-state index contributed by atoms with van der Waals surface area (Å²) in [5.74, 6) is 0.794. The van der Waals surface area contributed by atoms with E-state index in [1.165, 1.54) is 0 Å². The van der Waals surface area contributed by atoms with Crippen molar-refractivity contribution in [3.63, 3.8) is 0 Å². The molecule has 0 bridgehead atoms. The molecule has 0 aromatic rings. The molecule has 1 rings (SSSR count). The fraction of sp³-hybridized carbons (Fsp3) is 0.929. The Kier molecular flexibility index (Phi) is 6.09. The lowest BCUT2D eigenvalue weighted by molar-refractivity contribution is -0.128. The van der Waals surface area contributed by atoms with Crippen molar-refractivity contribution in [2.45, 2.75) is 51.6 Å². The maximum atomic E-state index is 12.2. The van der Waals surface area contributed by atoms with Crippen molar-refractivity contribution in [1.29, 1.82) is 0 Å². The summed E-state index contributed by atoms with van der Waals surface area (Å²) in [6.07, 6.45) is 3.90. The van der Waals surface area contributed by atoms with Crippen molar-refractivity contribution >= 4 is 5.91 Å². The summed E-state index contributed by atoms with van der Waals surface area (Å²) >= 11 is 0. The van der Waals surface area contributed by atoms with Crippen LogP contribution in [-0.4, -0.2) is 43.5 Å². The second-order valence-corrected chi connectivity index (χ2v) is 6.16. The van der Waals surface area contributed by atoms with Gasteiger partial charge in [-0.05, 0) is 59.2 Å². The molecule has 4 atom stereocenters. The zero-order valence-corrected chi connectivity index (χ0v) is 12.3. The van der Waals surface area contributed by atoms with Crippen LogP contribution in [0, 0.1) is 11.8 Å². The van der Waals surface area contributed by atoms with Crippen molar-refractivity contribution in [2.24, 2.45) is 17.6 Å². The molecule has 4 nitrogen and oxygen atoms in total. The van der Waals surface area contributed by atoms with Crippen LogP contribution in [0.2, 0.25) is 0 Å². The number of carbonyl (C=O) groups is 1. The highest BCUT2D eigenvalue weighted by atomic mass is 16.1. The van der Waals surface area contributed by atoms with Gasteiger partial charge in [0, 0.05) is 18.0 Å². The number of carbonyl (C=O) groups excluding carboxylic acids is 1. The Labute approximate surface area is 111 Å². The van der Waals surface area contributed by atoms with Gasteiger partial charge in [-0.3, -0.25) is 4.79 Å². The Morgan fingerprint density at radius 2 is 2.11 bits per heavy atom. The summed E-state index contributed by atoms with van der Waals surface area (Å²) in [6, 6.07) is 0.540. The standard InChI is InChI=1S/C14H29N3O/c1-10-9-12(15)5-6-13(10)14(18)16-11(2)7-8-17(3)4/h10-13H,5-9,15H2,1-4H3,(H,16,18). The molecule has 0 aromatic heterocycles. The smallest absolute Gasteiger partial charge is 0.223 e. The average molecular weight is 255 g/mol. The van der Waals surface area contributed by atoms with E-state index in [0.717, 1.165) is 32.2 Å². The van der Waals surface area contributed by atoms with E-state index in [2.05, 4.69) is 38.2 Å². The van der Waals surface area contributed by atoms with Gasteiger partial charge in [-0.1, -0.05) is 6.92 Å². The third-order valence-electron chi connectivity index (χ3n) is 3.94. The van der Waals surface area contributed by atoms with E-state index in [1.54, 1.807) is 0 Å². The predicted molar refractivity (Wildman–Crippen MR) is 75.3 cm³/mol. The maximum absolute atomic E-state index is 12.2. The number of amides is 1. The molecule has 1 aliphatic carbocycles. The van der Waals surface area contributed by atoms with Crippen LogP contribution < -0.4 is 11.1 Å². The number of hydrogen-bond donors (Lipinski definition) is 2. The minimum Gasteiger partial charge on any atom is -0.353 e. The van der Waals surface area contributed by atoms with E-state index >= 15 is 0 Å². The molecule has 0 aliphatic heterocycles. The molecule has 4 unspecified atom stereocenters. The Bertz CT molecular complexity index is 268. The summed E-state index contributed by atoms with van der Waals surface area (Å²) in [5.41, 5.74) is 5.93. The third-order valence-corrected chi connectivity index (χ3v) is 3.94. The maximum Gasteiger partial charge on any atom is 0.223 e. The summed E-state index contributed by atoms with van der Waals surface area (Å²) in [6.45, 7) is 5.24. The first kappa shape index (κ1) is 15.4. The first-order valence-corrected chi connectivity index (χ1v) is 7.10. The first-order chi connectivity index (χ1) is 8.40. The Balaban J connectivity index is 2.35. The largest absolute Gasteiger partial charge is 0.353 e. The second-order valence-electron chi connectivity index (χ2n) is 6.16. The summed E-state index contributed by atoms with van der Waals surface area (Å²) in [4.78, 5) is 14.3. The minimum atomic E-state index is 0.159. The Morgan fingerprint density at radius 1 is 1.44 bits per heavy atom. The van der Waals surface area contributed by atoms with Crippen molar-refractivity contribution in [3.8, 4) is 0 Å². The SMILES string of the molecule is CC(CCN(C)C)NC(=O)C1CCC(N)CC1C. The molecular formula is C14H29N3O. The van der Waals surface area contributed by atoms with Gasteiger partial charge in [-0.25, -0.2) is 0 Å². The molecule has 1 amide bonds. The molecule has 106 valence electrons. The molecule has 0 saturated heterocycles. The van der Waals surface area contributed by atoms with Gasteiger partial charge in [0.25, 0.3) is 0 Å². The van der Waals surface area contributed by atoms with Gasteiger partial charge >= 0.3 is 0 Å². The quantitative estimate of drug-likeness (QED) is 0.776. The number of nitrogens with two attached hydrogens (primary N) is 1. The lowest BCUT2D eigenvalue weighted by atomic mass is 9.77. The van der Waals surface area contributed by atoms with Crippen molar-refractivity contribution in [1.82, 2.24) is 10.2 Å². The normalized spacial score (nSPS) is 30.2. The van der Waals surface area contributed by atoms with Gasteiger partial charge in [0.15, 0.2) is 0 Å². The van der Waals surface area contributed by atoms with E-state index in [9.17, 15) is 4.79 Å². The lowest BCUT2D eigenvalue weighted by Gasteiger charge is -2.32. The van der Waals surface area contributed by atoms with Crippen LogP contribution in [0.4, 0.5) is 0 Å². The topological polar surface area (TPSA) is 58.4 Å². The molecule has 1 saturated carbocycles. The zero-order valence-electron chi connectivity index (χ0n) is 12.3. The van der Waals surface area contributed by atoms with E-state index < -0.39 is 0 Å². The van der Waals surface area contributed by atoms with Gasteiger partial charge in [-0.2, -0.15) is 0 Å². The highest BCUT2D eigenvalue weighted by Crippen LogP contribution is 2.29. The van der Waals surface area contributed by atoms with E-state index in [0.29, 0.717) is 5.92 Å². The Hall–Kier alpha value is -0.610. The van der Waals surface area contributed by atoms with Gasteiger partial charge in [0.05, 0.1) is 0 Å². The monoisotopic (exact) mass is 255 g/mol. The van der Waals surface area contributed by atoms with Crippen LogP contribution >= 0.6 is 0 Å².